The Labute approximate surface area is 182 Å². The summed E-state index contributed by atoms with van der Waals surface area (Å²) in [5.74, 6) is 0.663. The fraction of sp³-hybridized carbons (Fsp3) is 0.208. The maximum atomic E-state index is 12.9. The van der Waals surface area contributed by atoms with Gasteiger partial charge in [0.2, 0.25) is 5.91 Å². The molecule has 3 aromatic rings. The van der Waals surface area contributed by atoms with Crippen LogP contribution in [0.4, 0.5) is 11.4 Å². The highest BCUT2D eigenvalue weighted by Gasteiger charge is 2.19. The lowest BCUT2D eigenvalue weighted by molar-refractivity contribution is -0.115. The number of carbonyl (C=O) groups excluding carboxylic acids is 1. The van der Waals surface area contributed by atoms with Crippen LogP contribution in [0.5, 0.6) is 5.75 Å². The number of ether oxygens (including phenoxy) is 1. The van der Waals surface area contributed by atoms with Crippen LogP contribution in [0.3, 0.4) is 0 Å². The maximum Gasteiger partial charge on any atom is 0.262 e. The van der Waals surface area contributed by atoms with Gasteiger partial charge in [-0.25, -0.2) is 8.42 Å². The molecule has 160 valence electrons. The summed E-state index contributed by atoms with van der Waals surface area (Å²) >= 11 is 0. The predicted molar refractivity (Wildman–Crippen MR) is 121 cm³/mol. The number of rotatable bonds is 6. The number of hydrogen-bond donors (Lipinski definition) is 2. The van der Waals surface area contributed by atoms with E-state index in [9.17, 15) is 13.2 Å². The molecule has 31 heavy (non-hydrogen) atoms. The van der Waals surface area contributed by atoms with Crippen LogP contribution in [0.2, 0.25) is 0 Å². The zero-order chi connectivity index (χ0) is 22.0. The van der Waals surface area contributed by atoms with Crippen LogP contribution < -0.4 is 14.8 Å². The number of carbonyl (C=O) groups is 1. The minimum Gasteiger partial charge on any atom is -0.493 e. The molecule has 0 spiro atoms. The highest BCUT2D eigenvalue weighted by Crippen LogP contribution is 2.27. The van der Waals surface area contributed by atoms with Crippen LogP contribution in [0.15, 0.2) is 65.6 Å². The molecular formula is C24H24N2O4S. The maximum absolute atomic E-state index is 12.9. The number of fused-ring (bicyclic) bond motifs is 1. The van der Waals surface area contributed by atoms with Crippen LogP contribution in [0.25, 0.3) is 0 Å². The lowest BCUT2D eigenvalue weighted by Crippen LogP contribution is -2.17. The topological polar surface area (TPSA) is 84.5 Å². The van der Waals surface area contributed by atoms with E-state index in [1.807, 2.05) is 31.2 Å². The number of amides is 1. The average Bonchev–Trinajstić information content (AvgIpc) is 3.17. The summed E-state index contributed by atoms with van der Waals surface area (Å²) < 4.78 is 34.0. The van der Waals surface area contributed by atoms with Gasteiger partial charge in [-0.2, -0.15) is 0 Å². The van der Waals surface area contributed by atoms with Gasteiger partial charge in [-0.3, -0.25) is 9.52 Å². The monoisotopic (exact) mass is 436 g/mol. The van der Waals surface area contributed by atoms with E-state index in [1.54, 1.807) is 37.3 Å². The molecular weight excluding hydrogens is 412 g/mol. The molecule has 1 aliphatic heterocycles. The molecule has 0 radical (unpaired) electrons. The minimum absolute atomic E-state index is 0.126. The standard InChI is InChI=1S/C24H24N2O4S/c1-16-4-3-5-21(12-16)26-31(28,29)23-15-20(8-6-17(23)2)25-24(27)14-18-7-9-22-19(13-18)10-11-30-22/h3-9,12-13,15,26H,10-11,14H2,1-2H3,(H,25,27). The van der Waals surface area contributed by atoms with Crippen molar-refractivity contribution in [2.24, 2.45) is 0 Å². The van der Waals surface area contributed by atoms with Gasteiger partial charge in [0.1, 0.15) is 5.75 Å². The molecule has 1 amide bonds. The van der Waals surface area contributed by atoms with Gasteiger partial charge in [0.15, 0.2) is 0 Å². The van der Waals surface area contributed by atoms with Crippen LogP contribution in [0.1, 0.15) is 22.3 Å². The zero-order valence-electron chi connectivity index (χ0n) is 17.4. The Balaban J connectivity index is 1.50. The van der Waals surface area contributed by atoms with E-state index in [2.05, 4.69) is 10.0 Å². The smallest absolute Gasteiger partial charge is 0.262 e. The van der Waals surface area contributed by atoms with Gasteiger partial charge in [0.25, 0.3) is 10.0 Å². The highest BCUT2D eigenvalue weighted by atomic mass is 32.2. The SMILES string of the molecule is Cc1cccc(NS(=O)(=O)c2cc(NC(=O)Cc3ccc4c(c3)CCO4)ccc2C)c1. The third kappa shape index (κ3) is 4.88. The molecule has 3 aromatic carbocycles. The zero-order valence-corrected chi connectivity index (χ0v) is 18.3. The summed E-state index contributed by atoms with van der Waals surface area (Å²) in [5, 5.41) is 2.81. The first-order chi connectivity index (χ1) is 14.8. The van der Waals surface area contributed by atoms with Crippen LogP contribution >= 0.6 is 0 Å². The average molecular weight is 437 g/mol. The fourth-order valence-corrected chi connectivity index (χ4v) is 4.95. The first-order valence-electron chi connectivity index (χ1n) is 10.0. The van der Waals surface area contributed by atoms with E-state index < -0.39 is 10.0 Å². The molecule has 1 aliphatic rings. The van der Waals surface area contributed by atoms with E-state index in [-0.39, 0.29) is 17.2 Å². The van der Waals surface area contributed by atoms with E-state index in [0.717, 1.165) is 28.9 Å². The molecule has 0 unspecified atom stereocenters. The van der Waals surface area contributed by atoms with Gasteiger partial charge in [0, 0.05) is 17.8 Å². The van der Waals surface area contributed by atoms with Gasteiger partial charge in [-0.05, 0) is 66.4 Å². The molecule has 0 bridgehead atoms. The summed E-state index contributed by atoms with van der Waals surface area (Å²) in [4.78, 5) is 12.7. The number of sulfonamides is 1. The Morgan fingerprint density at radius 3 is 2.65 bits per heavy atom. The molecule has 0 fully saturated rings. The van der Waals surface area contributed by atoms with Crippen molar-refractivity contribution in [3.63, 3.8) is 0 Å². The van der Waals surface area contributed by atoms with Crippen molar-refractivity contribution < 1.29 is 17.9 Å². The lowest BCUT2D eigenvalue weighted by atomic mass is 10.1. The van der Waals surface area contributed by atoms with Crippen molar-refractivity contribution in [1.82, 2.24) is 0 Å². The number of benzene rings is 3. The Kier molecular flexibility index (Phi) is 5.69. The first-order valence-corrected chi connectivity index (χ1v) is 11.5. The fourth-order valence-electron chi connectivity index (χ4n) is 3.63. The van der Waals surface area contributed by atoms with Crippen molar-refractivity contribution in [2.45, 2.75) is 31.6 Å². The van der Waals surface area contributed by atoms with Gasteiger partial charge in [-0.15, -0.1) is 0 Å². The Bertz CT molecular complexity index is 1250. The molecule has 0 saturated carbocycles. The lowest BCUT2D eigenvalue weighted by Gasteiger charge is -2.13. The molecule has 0 saturated heterocycles. The summed E-state index contributed by atoms with van der Waals surface area (Å²) in [5.41, 5.74) is 4.48. The Morgan fingerprint density at radius 2 is 1.84 bits per heavy atom. The van der Waals surface area contributed by atoms with E-state index >= 15 is 0 Å². The van der Waals surface area contributed by atoms with Crippen molar-refractivity contribution in [1.29, 1.82) is 0 Å². The quantitative estimate of drug-likeness (QED) is 0.606. The molecule has 4 rings (SSSR count). The van der Waals surface area contributed by atoms with E-state index in [0.29, 0.717) is 23.5 Å². The van der Waals surface area contributed by atoms with E-state index in [4.69, 9.17) is 4.74 Å². The number of anilines is 2. The second kappa shape index (κ2) is 8.43. The van der Waals surface area contributed by atoms with Gasteiger partial charge < -0.3 is 10.1 Å². The first kappa shape index (κ1) is 20.9. The summed E-state index contributed by atoms with van der Waals surface area (Å²) in [7, 11) is -3.80. The van der Waals surface area contributed by atoms with Gasteiger partial charge >= 0.3 is 0 Å². The normalized spacial score (nSPS) is 12.7. The Hall–Kier alpha value is -3.32. The summed E-state index contributed by atoms with van der Waals surface area (Å²) in [6, 6.07) is 17.8. The second-order valence-corrected chi connectivity index (χ2v) is 9.37. The molecule has 2 N–H and O–H groups in total. The van der Waals surface area contributed by atoms with Crippen molar-refractivity contribution in [3.8, 4) is 5.75 Å². The number of hydrogen-bond acceptors (Lipinski definition) is 4. The Morgan fingerprint density at radius 1 is 1.00 bits per heavy atom. The van der Waals surface area contributed by atoms with Gasteiger partial charge in [0.05, 0.1) is 17.9 Å². The number of aryl methyl sites for hydroxylation is 2. The summed E-state index contributed by atoms with van der Waals surface area (Å²) in [6.45, 7) is 4.29. The molecule has 0 aliphatic carbocycles. The van der Waals surface area contributed by atoms with Gasteiger partial charge in [-0.1, -0.05) is 30.3 Å². The van der Waals surface area contributed by atoms with Crippen LogP contribution in [-0.4, -0.2) is 20.9 Å². The summed E-state index contributed by atoms with van der Waals surface area (Å²) in [6.07, 6.45) is 1.04. The molecule has 0 aromatic heterocycles. The largest absolute Gasteiger partial charge is 0.493 e. The third-order valence-corrected chi connectivity index (χ3v) is 6.67. The third-order valence-electron chi connectivity index (χ3n) is 5.15. The predicted octanol–water partition coefficient (Wildman–Crippen LogP) is 4.22. The second-order valence-electron chi connectivity index (χ2n) is 7.72. The van der Waals surface area contributed by atoms with Crippen molar-refractivity contribution in [3.05, 3.63) is 82.9 Å². The van der Waals surface area contributed by atoms with Crippen molar-refractivity contribution >= 4 is 27.3 Å². The molecule has 1 heterocycles. The van der Waals surface area contributed by atoms with Crippen LogP contribution in [0, 0.1) is 13.8 Å². The van der Waals surface area contributed by atoms with Crippen LogP contribution in [-0.2, 0) is 27.7 Å². The minimum atomic E-state index is -3.80. The van der Waals surface area contributed by atoms with Crippen molar-refractivity contribution in [2.75, 3.05) is 16.6 Å². The number of nitrogens with one attached hydrogen (secondary N) is 2. The van der Waals surface area contributed by atoms with E-state index in [1.165, 1.54) is 6.07 Å². The molecule has 6 nitrogen and oxygen atoms in total. The highest BCUT2D eigenvalue weighted by molar-refractivity contribution is 7.92. The molecule has 7 heteroatoms. The molecule has 0 atom stereocenters.